The third-order valence-electron chi connectivity index (χ3n) is 4.61. The molecule has 0 aromatic heterocycles. The molecule has 3 rings (SSSR count). The van der Waals surface area contributed by atoms with Gasteiger partial charge in [0.05, 0.1) is 17.7 Å². The van der Waals surface area contributed by atoms with Crippen LogP contribution in [0, 0.1) is 10.1 Å². The van der Waals surface area contributed by atoms with Gasteiger partial charge in [-0.2, -0.15) is 0 Å². The maximum Gasteiger partial charge on any atom is 0.271 e. The predicted octanol–water partition coefficient (Wildman–Crippen LogP) is 2.84. The van der Waals surface area contributed by atoms with Gasteiger partial charge in [-0.15, -0.1) is 0 Å². The second-order valence-corrected chi connectivity index (χ2v) is 6.23. The third-order valence-corrected chi connectivity index (χ3v) is 4.61. The monoisotopic (exact) mass is 356 g/mol. The van der Waals surface area contributed by atoms with E-state index in [1.54, 1.807) is 19.2 Å². The summed E-state index contributed by atoms with van der Waals surface area (Å²) >= 11 is 0. The van der Waals surface area contributed by atoms with Crippen molar-refractivity contribution in [3.05, 3.63) is 58.6 Å². The quantitative estimate of drug-likeness (QED) is 0.608. The molecule has 1 aliphatic rings. The van der Waals surface area contributed by atoms with Crippen molar-refractivity contribution >= 4 is 17.1 Å². The molecule has 0 bridgehead atoms. The first kappa shape index (κ1) is 18.0. The van der Waals surface area contributed by atoms with Crippen LogP contribution < -0.4 is 15.0 Å². The van der Waals surface area contributed by atoms with Crippen molar-refractivity contribution in [1.82, 2.24) is 4.90 Å². The summed E-state index contributed by atoms with van der Waals surface area (Å²) in [5.74, 6) is 0.910. The number of hydrogen-bond acceptors (Lipinski definition) is 6. The van der Waals surface area contributed by atoms with Gasteiger partial charge in [-0.3, -0.25) is 15.0 Å². The minimum Gasteiger partial charge on any atom is -0.495 e. The normalized spacial score (nSPS) is 14.9. The van der Waals surface area contributed by atoms with Crippen molar-refractivity contribution in [3.8, 4) is 5.75 Å². The highest BCUT2D eigenvalue weighted by Gasteiger charge is 2.19. The molecule has 0 atom stereocenters. The van der Waals surface area contributed by atoms with E-state index in [1.165, 1.54) is 6.07 Å². The van der Waals surface area contributed by atoms with Gasteiger partial charge >= 0.3 is 0 Å². The first-order chi connectivity index (χ1) is 12.7. The topological polar surface area (TPSA) is 70.9 Å². The number of nitrogens with zero attached hydrogens (tertiary/aromatic N) is 3. The Kier molecular flexibility index (Phi) is 5.91. The van der Waals surface area contributed by atoms with Gasteiger partial charge in [-0.1, -0.05) is 18.2 Å². The Balaban J connectivity index is 1.46. The highest BCUT2D eigenvalue weighted by molar-refractivity contribution is 5.58. The average Bonchev–Trinajstić information content (AvgIpc) is 2.69. The lowest BCUT2D eigenvalue weighted by Crippen LogP contribution is -2.47. The van der Waals surface area contributed by atoms with Crippen LogP contribution in [0.1, 0.15) is 0 Å². The van der Waals surface area contributed by atoms with E-state index in [1.807, 2.05) is 24.3 Å². The number of benzene rings is 2. The summed E-state index contributed by atoms with van der Waals surface area (Å²) in [7, 11) is 1.70. The number of anilines is 2. The highest BCUT2D eigenvalue weighted by Crippen LogP contribution is 2.28. The zero-order valence-corrected chi connectivity index (χ0v) is 14.9. The van der Waals surface area contributed by atoms with Crippen LogP contribution in [0.3, 0.4) is 0 Å². The minimum absolute atomic E-state index is 0.112. The molecule has 7 nitrogen and oxygen atoms in total. The molecule has 26 heavy (non-hydrogen) atoms. The van der Waals surface area contributed by atoms with Gasteiger partial charge in [0.25, 0.3) is 5.69 Å². The summed E-state index contributed by atoms with van der Waals surface area (Å²) in [4.78, 5) is 15.2. The molecule has 0 unspecified atom stereocenters. The number of ether oxygens (including phenoxy) is 1. The number of para-hydroxylation sites is 2. The van der Waals surface area contributed by atoms with Crippen molar-refractivity contribution < 1.29 is 9.66 Å². The first-order valence-corrected chi connectivity index (χ1v) is 8.76. The van der Waals surface area contributed by atoms with Crippen LogP contribution in [0.2, 0.25) is 0 Å². The molecule has 1 aliphatic heterocycles. The zero-order chi connectivity index (χ0) is 18.4. The minimum atomic E-state index is -0.373. The number of piperazine rings is 1. The number of non-ortho nitro benzene ring substituents is 1. The fourth-order valence-corrected chi connectivity index (χ4v) is 3.19. The Morgan fingerprint density at radius 2 is 1.88 bits per heavy atom. The van der Waals surface area contributed by atoms with E-state index in [0.29, 0.717) is 0 Å². The van der Waals surface area contributed by atoms with Crippen molar-refractivity contribution in [2.45, 2.75) is 0 Å². The van der Waals surface area contributed by atoms with Crippen molar-refractivity contribution in [1.29, 1.82) is 0 Å². The van der Waals surface area contributed by atoms with Gasteiger partial charge in [0.15, 0.2) is 0 Å². The largest absolute Gasteiger partial charge is 0.495 e. The Hall–Kier alpha value is -2.80. The summed E-state index contributed by atoms with van der Waals surface area (Å²) < 4.78 is 5.45. The van der Waals surface area contributed by atoms with E-state index in [-0.39, 0.29) is 10.6 Å². The lowest BCUT2D eigenvalue weighted by atomic mass is 10.2. The smallest absolute Gasteiger partial charge is 0.271 e. The number of hydrogen-bond donors (Lipinski definition) is 1. The molecule has 1 N–H and O–H groups in total. The number of nitro groups is 1. The number of methoxy groups -OCH3 is 1. The molecule has 1 saturated heterocycles. The lowest BCUT2D eigenvalue weighted by Gasteiger charge is -2.36. The number of rotatable bonds is 7. The van der Waals surface area contributed by atoms with Crippen LogP contribution in [-0.4, -0.2) is 56.2 Å². The molecule has 2 aromatic rings. The summed E-state index contributed by atoms with van der Waals surface area (Å²) in [5.41, 5.74) is 2.04. The van der Waals surface area contributed by atoms with Crippen molar-refractivity contribution in [2.75, 3.05) is 56.6 Å². The van der Waals surface area contributed by atoms with E-state index in [9.17, 15) is 10.1 Å². The van der Waals surface area contributed by atoms with E-state index < -0.39 is 0 Å². The highest BCUT2D eigenvalue weighted by atomic mass is 16.6. The number of nitrogens with one attached hydrogen (secondary N) is 1. The van der Waals surface area contributed by atoms with Crippen LogP contribution in [0.15, 0.2) is 48.5 Å². The van der Waals surface area contributed by atoms with Gasteiger partial charge in [0.2, 0.25) is 0 Å². The molecule has 138 valence electrons. The van der Waals surface area contributed by atoms with Gasteiger partial charge in [-0.05, 0) is 18.2 Å². The third kappa shape index (κ3) is 4.43. The molecule has 0 spiro atoms. The predicted molar refractivity (Wildman–Crippen MR) is 103 cm³/mol. The standard InChI is InChI=1S/C19H24N4O3/c1-26-19-8-3-2-7-18(19)22-13-11-21(12-14-22)10-9-20-16-5-4-6-17(15-16)23(24)25/h2-8,15,20H,9-14H2,1H3. The Bertz CT molecular complexity index is 745. The molecular weight excluding hydrogens is 332 g/mol. The van der Waals surface area contributed by atoms with E-state index in [4.69, 9.17) is 4.74 Å². The van der Waals surface area contributed by atoms with Crippen molar-refractivity contribution in [3.63, 3.8) is 0 Å². The molecular formula is C19H24N4O3. The lowest BCUT2D eigenvalue weighted by molar-refractivity contribution is -0.384. The Labute approximate surface area is 153 Å². The molecule has 1 fully saturated rings. The van der Waals surface area contributed by atoms with Crippen LogP contribution >= 0.6 is 0 Å². The second-order valence-electron chi connectivity index (χ2n) is 6.23. The Morgan fingerprint density at radius 3 is 2.62 bits per heavy atom. The van der Waals surface area contributed by atoms with Crippen LogP contribution in [0.4, 0.5) is 17.1 Å². The summed E-state index contributed by atoms with van der Waals surface area (Å²) in [5, 5.41) is 14.1. The fraction of sp³-hybridized carbons (Fsp3) is 0.368. The second kappa shape index (κ2) is 8.53. The van der Waals surface area contributed by atoms with E-state index >= 15 is 0 Å². The van der Waals surface area contributed by atoms with Gasteiger partial charge in [-0.25, -0.2) is 0 Å². The first-order valence-electron chi connectivity index (χ1n) is 8.76. The summed E-state index contributed by atoms with van der Waals surface area (Å²) in [6.07, 6.45) is 0. The molecule has 2 aromatic carbocycles. The van der Waals surface area contributed by atoms with Crippen LogP contribution in [-0.2, 0) is 0 Å². The van der Waals surface area contributed by atoms with Crippen LogP contribution in [0.5, 0.6) is 5.75 Å². The zero-order valence-electron chi connectivity index (χ0n) is 14.9. The summed E-state index contributed by atoms with van der Waals surface area (Å²) in [6, 6.07) is 14.7. The van der Waals surface area contributed by atoms with Gasteiger partial charge in [0.1, 0.15) is 5.75 Å². The van der Waals surface area contributed by atoms with E-state index in [0.717, 1.165) is 56.4 Å². The van der Waals surface area contributed by atoms with Gasteiger partial charge in [0, 0.05) is 57.1 Å². The van der Waals surface area contributed by atoms with Crippen LogP contribution in [0.25, 0.3) is 0 Å². The molecule has 7 heteroatoms. The van der Waals surface area contributed by atoms with E-state index in [2.05, 4.69) is 21.2 Å². The maximum atomic E-state index is 10.8. The molecule has 0 radical (unpaired) electrons. The summed E-state index contributed by atoms with van der Waals surface area (Å²) in [6.45, 7) is 5.54. The van der Waals surface area contributed by atoms with Crippen molar-refractivity contribution in [2.24, 2.45) is 0 Å². The maximum absolute atomic E-state index is 10.8. The number of nitro benzene ring substituents is 1. The average molecular weight is 356 g/mol. The molecule has 0 amide bonds. The molecule has 0 aliphatic carbocycles. The fourth-order valence-electron chi connectivity index (χ4n) is 3.19. The molecule has 0 saturated carbocycles. The van der Waals surface area contributed by atoms with Gasteiger partial charge < -0.3 is 15.0 Å². The SMILES string of the molecule is COc1ccccc1N1CCN(CCNc2cccc([N+](=O)[O-])c2)CC1. The molecule has 1 heterocycles. The Morgan fingerprint density at radius 1 is 1.12 bits per heavy atom.